The predicted molar refractivity (Wildman–Crippen MR) is 144 cm³/mol. The number of aryl methyl sites for hydroxylation is 1. The molecule has 3 aliphatic rings. The van der Waals surface area contributed by atoms with Crippen molar-refractivity contribution in [1.82, 2.24) is 14.5 Å². The summed E-state index contributed by atoms with van der Waals surface area (Å²) in [5.74, 6) is -2.23. The molecule has 0 aliphatic carbocycles. The highest BCUT2D eigenvalue weighted by atomic mass is 32.2. The molecular weight excluding hydrogens is 564 g/mol. The molecule has 1 N–H and O–H groups in total. The van der Waals surface area contributed by atoms with Crippen LogP contribution in [0.2, 0.25) is 0 Å². The number of halogens is 4. The molecule has 41 heavy (non-hydrogen) atoms. The zero-order valence-corrected chi connectivity index (χ0v) is 23.0. The third kappa shape index (κ3) is 5.28. The maximum Gasteiger partial charge on any atom is 0.419 e. The van der Waals surface area contributed by atoms with E-state index in [0.29, 0.717) is 41.9 Å². The summed E-state index contributed by atoms with van der Waals surface area (Å²) in [7, 11) is -4.05. The number of hydrogen-bond acceptors (Lipinski definition) is 5. The highest BCUT2D eigenvalue weighted by Gasteiger charge is 2.48. The van der Waals surface area contributed by atoms with E-state index < -0.39 is 39.0 Å². The molecule has 5 rings (SSSR count). The minimum absolute atomic E-state index is 0.00950. The molecule has 218 valence electrons. The second-order valence-corrected chi connectivity index (χ2v) is 12.5. The molecule has 3 heterocycles. The van der Waals surface area contributed by atoms with Gasteiger partial charge >= 0.3 is 6.18 Å². The van der Waals surface area contributed by atoms with E-state index in [-0.39, 0.29) is 48.1 Å². The second kappa shape index (κ2) is 10.4. The van der Waals surface area contributed by atoms with Crippen molar-refractivity contribution in [1.29, 1.82) is 0 Å². The highest BCUT2D eigenvalue weighted by molar-refractivity contribution is 7.98. The number of sulfonamides is 1. The molecule has 0 atom stereocenters. The zero-order valence-electron chi connectivity index (χ0n) is 22.2. The van der Waals surface area contributed by atoms with Crippen LogP contribution in [0.25, 0.3) is 4.91 Å². The van der Waals surface area contributed by atoms with Crippen LogP contribution in [-0.4, -0.2) is 67.0 Å². The van der Waals surface area contributed by atoms with Crippen LogP contribution in [-0.2, 0) is 21.0 Å². The SMILES string of the molecule is C=C(c1ccc(C(=O)N2CCCC2)cc1C)S(=O)(=O)N1CCC2(CC1)N=C(c1ccc(F)c(C(F)(F)F)c1)NC2=O. The van der Waals surface area contributed by atoms with Crippen LogP contribution < -0.4 is 5.32 Å². The number of carbonyl (C=O) groups excluding carboxylic acids is 2. The van der Waals surface area contributed by atoms with Gasteiger partial charge in [0.1, 0.15) is 17.2 Å². The van der Waals surface area contributed by atoms with Crippen LogP contribution in [0.1, 0.15) is 58.3 Å². The fraction of sp³-hybridized carbons (Fsp3) is 0.393. The van der Waals surface area contributed by atoms with Crippen molar-refractivity contribution in [2.75, 3.05) is 26.2 Å². The van der Waals surface area contributed by atoms with Gasteiger partial charge in [0, 0.05) is 37.3 Å². The Morgan fingerprint density at radius 1 is 1.05 bits per heavy atom. The van der Waals surface area contributed by atoms with E-state index in [2.05, 4.69) is 16.9 Å². The van der Waals surface area contributed by atoms with Crippen molar-refractivity contribution in [3.8, 4) is 0 Å². The lowest BCUT2D eigenvalue weighted by Crippen LogP contribution is -2.50. The fourth-order valence-electron chi connectivity index (χ4n) is 5.49. The van der Waals surface area contributed by atoms with Crippen LogP contribution >= 0.6 is 0 Å². The number of amides is 2. The number of aliphatic imine (C=N–C) groups is 1. The summed E-state index contributed by atoms with van der Waals surface area (Å²) in [6, 6.07) is 7.16. The average molecular weight is 593 g/mol. The van der Waals surface area contributed by atoms with Crippen LogP contribution in [0, 0.1) is 12.7 Å². The Morgan fingerprint density at radius 2 is 1.71 bits per heavy atom. The van der Waals surface area contributed by atoms with Crippen molar-refractivity contribution in [3.63, 3.8) is 0 Å². The molecule has 0 aromatic heterocycles. The lowest BCUT2D eigenvalue weighted by Gasteiger charge is -2.35. The summed E-state index contributed by atoms with van der Waals surface area (Å²) in [6.45, 7) is 6.77. The standard InChI is InChI=1S/C28H28F4N4O4S/c1-17-15-20(25(37)35-11-3-4-12-35)5-7-21(17)18(2)41(39,40)36-13-9-27(10-14-36)26(38)33-24(34-27)19-6-8-23(29)22(16-19)28(30,31)32/h5-8,15-16H,2-4,9-14H2,1H3,(H,33,34,38). The van der Waals surface area contributed by atoms with Crippen molar-refractivity contribution < 1.29 is 35.6 Å². The van der Waals surface area contributed by atoms with Gasteiger partial charge in [0.15, 0.2) is 0 Å². The second-order valence-electron chi connectivity index (χ2n) is 10.5. The fourth-order valence-corrected chi connectivity index (χ4v) is 6.97. The quantitative estimate of drug-likeness (QED) is 0.529. The Kier molecular flexibility index (Phi) is 7.31. The third-order valence-electron chi connectivity index (χ3n) is 7.89. The summed E-state index contributed by atoms with van der Waals surface area (Å²) in [5, 5.41) is 2.48. The largest absolute Gasteiger partial charge is 0.419 e. The summed E-state index contributed by atoms with van der Waals surface area (Å²) in [6.07, 6.45) is -3.04. The lowest BCUT2D eigenvalue weighted by atomic mass is 9.89. The lowest BCUT2D eigenvalue weighted by molar-refractivity contribution is -0.140. The van der Waals surface area contributed by atoms with Crippen molar-refractivity contribution in [3.05, 3.63) is 76.6 Å². The van der Waals surface area contributed by atoms with Crippen molar-refractivity contribution in [2.45, 2.75) is 44.3 Å². The number of benzene rings is 2. The maximum absolute atomic E-state index is 13.7. The van der Waals surface area contributed by atoms with E-state index in [1.165, 1.54) is 4.31 Å². The van der Waals surface area contributed by atoms with Gasteiger partial charge in [-0.2, -0.15) is 17.5 Å². The van der Waals surface area contributed by atoms with Crippen LogP contribution in [0.15, 0.2) is 48.0 Å². The minimum atomic E-state index is -4.93. The normalized spacial score (nSPS) is 19.4. The molecule has 1 spiro atoms. The Balaban J connectivity index is 1.31. The van der Waals surface area contributed by atoms with Gasteiger partial charge in [0.05, 0.1) is 10.5 Å². The van der Waals surface area contributed by atoms with Crippen molar-refractivity contribution >= 4 is 32.6 Å². The molecule has 3 aliphatic heterocycles. The molecular formula is C28H28F4N4O4S. The first-order chi connectivity index (χ1) is 19.2. The Hall–Kier alpha value is -3.58. The summed E-state index contributed by atoms with van der Waals surface area (Å²) >= 11 is 0. The molecule has 0 bridgehead atoms. The number of alkyl halides is 3. The number of likely N-dealkylation sites (tertiary alicyclic amines) is 1. The molecule has 2 saturated heterocycles. The highest BCUT2D eigenvalue weighted by Crippen LogP contribution is 2.36. The molecule has 8 nitrogen and oxygen atoms in total. The molecule has 0 radical (unpaired) electrons. The van der Waals surface area contributed by atoms with Gasteiger partial charge in [-0.15, -0.1) is 0 Å². The van der Waals surface area contributed by atoms with Gasteiger partial charge < -0.3 is 10.2 Å². The van der Waals surface area contributed by atoms with Crippen molar-refractivity contribution in [2.24, 2.45) is 4.99 Å². The number of rotatable bonds is 5. The minimum Gasteiger partial charge on any atom is -0.339 e. The first-order valence-electron chi connectivity index (χ1n) is 13.1. The first kappa shape index (κ1) is 28.9. The maximum atomic E-state index is 13.7. The van der Waals surface area contributed by atoms with Crippen LogP contribution in [0.3, 0.4) is 0 Å². The first-order valence-corrected chi connectivity index (χ1v) is 14.5. The summed E-state index contributed by atoms with van der Waals surface area (Å²) in [4.78, 5) is 31.6. The average Bonchev–Trinajstić information content (AvgIpc) is 3.57. The van der Waals surface area contributed by atoms with Crippen LogP contribution in [0.5, 0.6) is 0 Å². The molecule has 0 unspecified atom stereocenters. The number of hydrogen-bond donors (Lipinski definition) is 1. The molecule has 2 amide bonds. The van der Waals surface area contributed by atoms with Gasteiger partial charge in [-0.05, 0) is 74.1 Å². The topological polar surface area (TPSA) is 99.2 Å². The summed E-state index contributed by atoms with van der Waals surface area (Å²) in [5.41, 5.74) is -1.51. The summed E-state index contributed by atoms with van der Waals surface area (Å²) < 4.78 is 81.4. The van der Waals surface area contributed by atoms with Gasteiger partial charge in [0.25, 0.3) is 11.8 Å². The Bertz CT molecular complexity index is 1570. The number of amidine groups is 1. The molecule has 2 aromatic carbocycles. The number of nitrogens with one attached hydrogen (secondary N) is 1. The third-order valence-corrected chi connectivity index (χ3v) is 9.78. The van der Waals surface area contributed by atoms with E-state index in [4.69, 9.17) is 0 Å². The molecule has 2 fully saturated rings. The van der Waals surface area contributed by atoms with Gasteiger partial charge in [0.2, 0.25) is 10.0 Å². The van der Waals surface area contributed by atoms with Gasteiger partial charge in [-0.3, -0.25) is 14.6 Å². The molecule has 2 aromatic rings. The van der Waals surface area contributed by atoms with E-state index in [9.17, 15) is 35.6 Å². The molecule has 13 heteroatoms. The van der Waals surface area contributed by atoms with E-state index in [1.54, 1.807) is 30.0 Å². The van der Waals surface area contributed by atoms with Gasteiger partial charge in [-0.25, -0.2) is 12.8 Å². The van der Waals surface area contributed by atoms with Crippen LogP contribution in [0.4, 0.5) is 17.6 Å². The van der Waals surface area contributed by atoms with Gasteiger partial charge in [-0.1, -0.05) is 12.6 Å². The monoisotopic (exact) mass is 592 g/mol. The predicted octanol–water partition coefficient (Wildman–Crippen LogP) is 4.10. The number of piperidine rings is 1. The number of nitrogens with zero attached hydrogens (tertiary/aromatic N) is 3. The van der Waals surface area contributed by atoms with E-state index in [1.807, 2.05) is 0 Å². The zero-order chi connectivity index (χ0) is 29.7. The molecule has 0 saturated carbocycles. The number of carbonyl (C=O) groups is 2. The Morgan fingerprint density at radius 3 is 2.32 bits per heavy atom. The van der Waals surface area contributed by atoms with E-state index >= 15 is 0 Å². The van der Waals surface area contributed by atoms with E-state index in [0.717, 1.165) is 18.9 Å². The smallest absolute Gasteiger partial charge is 0.339 e. The Labute approximate surface area is 234 Å².